The molecule has 1 saturated carbocycles. The molecule has 1 aromatic heterocycles. The molecule has 2 fully saturated rings. The van der Waals surface area contributed by atoms with Gasteiger partial charge in [0.1, 0.15) is 18.0 Å². The maximum absolute atomic E-state index is 12.5. The predicted octanol–water partition coefficient (Wildman–Crippen LogP) is 3.31. The zero-order valence-corrected chi connectivity index (χ0v) is 20.6. The number of likely N-dealkylation sites (tertiary alicyclic amines) is 1. The minimum atomic E-state index is -3.37. The van der Waals surface area contributed by atoms with Crippen molar-refractivity contribution in [2.45, 2.75) is 56.3 Å². The average Bonchev–Trinajstić information content (AvgIpc) is 3.33. The Hall–Kier alpha value is -3.48. The zero-order valence-electron chi connectivity index (χ0n) is 19.8. The van der Waals surface area contributed by atoms with Gasteiger partial charge in [-0.3, -0.25) is 10.1 Å². The van der Waals surface area contributed by atoms with Crippen LogP contribution in [-0.4, -0.2) is 64.8 Å². The van der Waals surface area contributed by atoms with E-state index in [9.17, 15) is 23.3 Å². The second-order valence-electron chi connectivity index (χ2n) is 9.73. The molecule has 3 unspecified atom stereocenters. The van der Waals surface area contributed by atoms with Gasteiger partial charge in [-0.05, 0) is 51.5 Å². The lowest BCUT2D eigenvalue weighted by molar-refractivity contribution is -0.385. The van der Waals surface area contributed by atoms with Crippen molar-refractivity contribution < 1.29 is 27.6 Å². The molecule has 35 heavy (non-hydrogen) atoms. The number of carbonyl (C=O) groups is 1. The van der Waals surface area contributed by atoms with Crippen LogP contribution in [0.4, 0.5) is 22.0 Å². The van der Waals surface area contributed by atoms with Gasteiger partial charge in [0.2, 0.25) is 5.82 Å². The second kappa shape index (κ2) is 8.95. The van der Waals surface area contributed by atoms with Gasteiger partial charge >= 0.3 is 11.8 Å². The summed E-state index contributed by atoms with van der Waals surface area (Å²) in [6, 6.07) is 5.71. The number of anilines is 2. The Balaban J connectivity index is 1.49. The van der Waals surface area contributed by atoms with Crippen molar-refractivity contribution in [3.8, 4) is 5.88 Å². The summed E-state index contributed by atoms with van der Waals surface area (Å²) in [7, 11) is -3.37. The van der Waals surface area contributed by atoms with E-state index in [0.717, 1.165) is 19.0 Å². The molecule has 2 bridgehead atoms. The topological polar surface area (TPSA) is 154 Å². The van der Waals surface area contributed by atoms with Crippen molar-refractivity contribution in [3.63, 3.8) is 0 Å². The Morgan fingerprint density at radius 1 is 1.20 bits per heavy atom. The number of hydrogen-bond acceptors (Lipinski definition) is 10. The second-order valence-corrected chi connectivity index (χ2v) is 11.7. The first-order chi connectivity index (χ1) is 16.3. The highest BCUT2D eigenvalue weighted by Gasteiger charge is 2.49. The van der Waals surface area contributed by atoms with Crippen LogP contribution in [0, 0.1) is 16.0 Å². The van der Waals surface area contributed by atoms with Gasteiger partial charge in [0.15, 0.2) is 9.84 Å². The number of sulfone groups is 1. The summed E-state index contributed by atoms with van der Waals surface area (Å²) in [6.45, 7) is 5.88. The van der Waals surface area contributed by atoms with Gasteiger partial charge < -0.3 is 19.7 Å². The Morgan fingerprint density at radius 2 is 1.89 bits per heavy atom. The maximum atomic E-state index is 12.5. The fourth-order valence-electron chi connectivity index (χ4n) is 4.37. The lowest BCUT2D eigenvalue weighted by atomic mass is 10.1. The number of nitrogens with zero attached hydrogens (tertiary/aromatic N) is 4. The molecule has 1 N–H and O–H groups in total. The molecule has 1 aliphatic carbocycles. The molecule has 0 spiro atoms. The molecule has 12 nitrogen and oxygen atoms in total. The fourth-order valence-corrected chi connectivity index (χ4v) is 5.00. The molecule has 2 heterocycles. The number of rotatable bonds is 6. The smallest absolute Gasteiger partial charge is 0.410 e. The largest absolute Gasteiger partial charge is 0.469 e. The van der Waals surface area contributed by atoms with Crippen molar-refractivity contribution in [1.82, 2.24) is 14.9 Å². The number of hydrogen-bond donors (Lipinski definition) is 1. The third-order valence-electron chi connectivity index (χ3n) is 5.88. The maximum Gasteiger partial charge on any atom is 0.410 e. The lowest BCUT2D eigenvalue weighted by Gasteiger charge is -2.33. The van der Waals surface area contributed by atoms with E-state index < -0.39 is 26.0 Å². The fraction of sp³-hybridized carbons (Fsp3) is 0.500. The molecule has 3 atom stereocenters. The van der Waals surface area contributed by atoms with Crippen molar-refractivity contribution >= 4 is 33.1 Å². The van der Waals surface area contributed by atoms with Crippen LogP contribution in [0.2, 0.25) is 0 Å². The third kappa shape index (κ3) is 5.45. The molecular formula is C22H27N5O7S. The molecule has 1 amide bonds. The van der Waals surface area contributed by atoms with Gasteiger partial charge in [-0.1, -0.05) is 0 Å². The van der Waals surface area contributed by atoms with Gasteiger partial charge in [-0.25, -0.2) is 18.2 Å². The van der Waals surface area contributed by atoms with Crippen LogP contribution in [0.3, 0.4) is 0 Å². The van der Waals surface area contributed by atoms with Crippen LogP contribution in [-0.2, 0) is 14.6 Å². The van der Waals surface area contributed by atoms with E-state index in [1.807, 2.05) is 20.8 Å². The highest BCUT2D eigenvalue weighted by atomic mass is 32.2. The molecular weight excluding hydrogens is 478 g/mol. The Kier molecular flexibility index (Phi) is 6.30. The van der Waals surface area contributed by atoms with Gasteiger partial charge in [-0.15, -0.1) is 0 Å². The standard InChI is InChI=1S/C22H27N5O7S/c1-22(2,3)34-21(28)26-11-13-9-15(26)10-17(13)33-20-18(27(29)30)19(23-12-24-20)25-14-5-7-16(8-6-14)35(4,31)32/h5-8,12-13,15,17H,9-11H2,1-4H3,(H,23,24,25). The summed E-state index contributed by atoms with van der Waals surface area (Å²) in [5, 5.41) is 14.7. The number of carbonyl (C=O) groups excluding carboxylic acids is 1. The monoisotopic (exact) mass is 505 g/mol. The quantitative estimate of drug-likeness (QED) is 0.457. The molecule has 1 saturated heterocycles. The first-order valence-corrected chi connectivity index (χ1v) is 12.9. The Labute approximate surface area is 202 Å². The van der Waals surface area contributed by atoms with Crippen molar-refractivity contribution in [1.29, 1.82) is 0 Å². The Bertz CT molecular complexity index is 1240. The van der Waals surface area contributed by atoms with E-state index in [4.69, 9.17) is 9.47 Å². The molecule has 2 aliphatic rings. The highest BCUT2D eigenvalue weighted by molar-refractivity contribution is 7.90. The first-order valence-electron chi connectivity index (χ1n) is 11.0. The SMILES string of the molecule is CC(C)(C)OC(=O)N1CC2CC1CC2Oc1ncnc(Nc2ccc(S(C)(=O)=O)cc2)c1[N+](=O)[O-]. The number of fused-ring (bicyclic) bond motifs is 2. The van der Waals surface area contributed by atoms with E-state index in [1.54, 1.807) is 4.90 Å². The summed E-state index contributed by atoms with van der Waals surface area (Å²) >= 11 is 0. The van der Waals surface area contributed by atoms with Crippen LogP contribution >= 0.6 is 0 Å². The van der Waals surface area contributed by atoms with Crippen LogP contribution in [0.5, 0.6) is 5.88 Å². The molecule has 188 valence electrons. The third-order valence-corrected chi connectivity index (χ3v) is 7.01. The van der Waals surface area contributed by atoms with E-state index in [-0.39, 0.29) is 40.8 Å². The molecule has 13 heteroatoms. The van der Waals surface area contributed by atoms with Crippen LogP contribution < -0.4 is 10.1 Å². The van der Waals surface area contributed by atoms with Gasteiger partial charge in [0, 0.05) is 36.9 Å². The predicted molar refractivity (Wildman–Crippen MR) is 125 cm³/mol. The van der Waals surface area contributed by atoms with E-state index >= 15 is 0 Å². The summed E-state index contributed by atoms with van der Waals surface area (Å²) < 4.78 is 34.8. The first kappa shape index (κ1) is 24.6. The molecule has 1 aromatic carbocycles. The van der Waals surface area contributed by atoms with Crippen LogP contribution in [0.15, 0.2) is 35.5 Å². The van der Waals surface area contributed by atoms with E-state index in [2.05, 4.69) is 15.3 Å². The summed E-state index contributed by atoms with van der Waals surface area (Å²) in [5.74, 6) is -0.241. The lowest BCUT2D eigenvalue weighted by Crippen LogP contribution is -2.45. The molecule has 0 radical (unpaired) electrons. The molecule has 1 aliphatic heterocycles. The minimum Gasteiger partial charge on any atom is -0.469 e. The van der Waals surface area contributed by atoms with Crippen molar-refractivity contribution in [2.75, 3.05) is 18.1 Å². The summed E-state index contributed by atoms with van der Waals surface area (Å²) in [5.41, 5.74) is -0.602. The number of aromatic nitrogens is 2. The highest BCUT2D eigenvalue weighted by Crippen LogP contribution is 2.42. The summed E-state index contributed by atoms with van der Waals surface area (Å²) in [6.07, 6.45) is 2.78. The van der Waals surface area contributed by atoms with Crippen molar-refractivity contribution in [3.05, 3.63) is 40.7 Å². The average molecular weight is 506 g/mol. The number of nitro groups is 1. The zero-order chi connectivity index (χ0) is 25.5. The van der Waals surface area contributed by atoms with Gasteiger partial charge in [-0.2, -0.15) is 4.98 Å². The molecule has 4 rings (SSSR count). The van der Waals surface area contributed by atoms with Gasteiger partial charge in [0.25, 0.3) is 5.88 Å². The van der Waals surface area contributed by atoms with Crippen LogP contribution in [0.1, 0.15) is 33.6 Å². The normalized spacial score (nSPS) is 21.6. The number of piperidine rings is 1. The number of nitrogens with one attached hydrogen (secondary N) is 1. The van der Waals surface area contributed by atoms with Crippen molar-refractivity contribution in [2.24, 2.45) is 5.92 Å². The number of benzene rings is 1. The minimum absolute atomic E-state index is 0.00188. The number of ether oxygens (including phenoxy) is 2. The van der Waals surface area contributed by atoms with E-state index in [1.165, 1.54) is 24.3 Å². The molecule has 2 aromatic rings. The summed E-state index contributed by atoms with van der Waals surface area (Å²) in [4.78, 5) is 33.5. The van der Waals surface area contributed by atoms with E-state index in [0.29, 0.717) is 18.7 Å². The van der Waals surface area contributed by atoms with Crippen LogP contribution in [0.25, 0.3) is 0 Å². The van der Waals surface area contributed by atoms with Gasteiger partial charge in [0.05, 0.1) is 9.82 Å². The Morgan fingerprint density at radius 3 is 2.43 bits per heavy atom. The number of amides is 1.